The van der Waals surface area contributed by atoms with Gasteiger partial charge in [0.1, 0.15) is 0 Å². The maximum absolute atomic E-state index is 12.1. The summed E-state index contributed by atoms with van der Waals surface area (Å²) in [5, 5.41) is 15.7. The average molecular weight is 282 g/mol. The minimum atomic E-state index is -1.10. The molecule has 2 N–H and O–H groups in total. The van der Waals surface area contributed by atoms with Crippen molar-refractivity contribution in [3.8, 4) is 0 Å². The Morgan fingerprint density at radius 1 is 1.40 bits per heavy atom. The van der Waals surface area contributed by atoms with Gasteiger partial charge in [-0.15, -0.1) is 0 Å². The predicted molar refractivity (Wildman–Crippen MR) is 74.3 cm³/mol. The monoisotopic (exact) mass is 282 g/mol. The lowest BCUT2D eigenvalue weighted by Gasteiger charge is -2.24. The number of aromatic nitrogens is 2. The summed E-state index contributed by atoms with van der Waals surface area (Å²) < 4.78 is 1.51. The number of hydrogen-bond donors (Lipinski definition) is 2. The topological polar surface area (TPSA) is 87.5 Å². The molecule has 7 nitrogen and oxygen atoms in total. The molecule has 0 saturated heterocycles. The zero-order valence-electron chi connectivity index (χ0n) is 12.2. The first-order chi connectivity index (χ1) is 9.49. The Morgan fingerprint density at radius 2 is 2.00 bits per heavy atom. The van der Waals surface area contributed by atoms with E-state index in [0.717, 1.165) is 12.8 Å². The number of hydrogen-bond acceptors (Lipinski definition) is 3. The zero-order chi connectivity index (χ0) is 15.1. The van der Waals surface area contributed by atoms with Crippen molar-refractivity contribution in [3.63, 3.8) is 0 Å². The van der Waals surface area contributed by atoms with Crippen LogP contribution >= 0.6 is 0 Å². The molecular formula is C13H22N4O3. The van der Waals surface area contributed by atoms with E-state index in [-0.39, 0.29) is 6.03 Å². The summed E-state index contributed by atoms with van der Waals surface area (Å²) in [6.07, 6.45) is 4.70. The minimum absolute atomic E-state index is 0.357. The Morgan fingerprint density at radius 3 is 2.40 bits per heavy atom. The number of nitrogens with one attached hydrogen (secondary N) is 1. The Kier molecular flexibility index (Phi) is 6.02. The summed E-state index contributed by atoms with van der Waals surface area (Å²) in [5.41, 5.74) is 0.460. The van der Waals surface area contributed by atoms with E-state index in [0.29, 0.717) is 18.7 Å². The van der Waals surface area contributed by atoms with Crippen LogP contribution < -0.4 is 5.32 Å². The van der Waals surface area contributed by atoms with Gasteiger partial charge < -0.3 is 15.3 Å². The molecule has 2 amide bonds. The van der Waals surface area contributed by atoms with E-state index in [1.807, 2.05) is 13.8 Å². The van der Waals surface area contributed by atoms with Gasteiger partial charge in [-0.3, -0.25) is 4.68 Å². The molecule has 1 unspecified atom stereocenters. The minimum Gasteiger partial charge on any atom is -0.479 e. The van der Waals surface area contributed by atoms with Crippen LogP contribution in [0.15, 0.2) is 12.4 Å². The van der Waals surface area contributed by atoms with Gasteiger partial charge in [-0.05, 0) is 12.8 Å². The molecule has 0 aliphatic carbocycles. The number of carbonyl (C=O) groups is 2. The third-order valence-electron chi connectivity index (χ3n) is 2.85. The van der Waals surface area contributed by atoms with Crippen LogP contribution in [0.1, 0.15) is 38.3 Å². The average Bonchev–Trinajstić information content (AvgIpc) is 2.81. The predicted octanol–water partition coefficient (Wildman–Crippen LogP) is 1.38. The van der Waals surface area contributed by atoms with Gasteiger partial charge in [0.15, 0.2) is 6.04 Å². The number of urea groups is 1. The van der Waals surface area contributed by atoms with E-state index >= 15 is 0 Å². The summed E-state index contributed by atoms with van der Waals surface area (Å²) in [6.45, 7) is 5.18. The van der Waals surface area contributed by atoms with Crippen LogP contribution in [0.5, 0.6) is 0 Å². The molecule has 7 heteroatoms. The van der Waals surface area contributed by atoms with Crippen LogP contribution in [-0.2, 0) is 11.8 Å². The standard InChI is InChI=1S/C13H22N4O3/c1-4-6-17(7-5-2)13(20)15-11(12(18)19)10-8-14-16(3)9-10/h8-9,11H,4-7H2,1-3H3,(H,15,20)(H,18,19). The van der Waals surface area contributed by atoms with E-state index in [1.54, 1.807) is 18.1 Å². The number of carbonyl (C=O) groups excluding carboxylic acids is 1. The molecule has 1 heterocycles. The molecule has 0 radical (unpaired) electrons. The van der Waals surface area contributed by atoms with Gasteiger partial charge in [-0.1, -0.05) is 13.8 Å². The molecule has 0 fully saturated rings. The maximum Gasteiger partial charge on any atom is 0.331 e. The highest BCUT2D eigenvalue weighted by atomic mass is 16.4. The van der Waals surface area contributed by atoms with Crippen LogP contribution in [0.4, 0.5) is 4.79 Å². The molecule has 0 aliphatic heterocycles. The number of carboxylic acid groups (broad SMARTS) is 1. The number of nitrogens with zero attached hydrogens (tertiary/aromatic N) is 3. The van der Waals surface area contributed by atoms with Crippen molar-refractivity contribution in [1.29, 1.82) is 0 Å². The van der Waals surface area contributed by atoms with Crippen molar-refractivity contribution in [2.75, 3.05) is 13.1 Å². The van der Waals surface area contributed by atoms with Crippen molar-refractivity contribution in [2.45, 2.75) is 32.7 Å². The van der Waals surface area contributed by atoms with Crippen molar-refractivity contribution in [3.05, 3.63) is 18.0 Å². The van der Waals surface area contributed by atoms with Gasteiger partial charge in [-0.25, -0.2) is 9.59 Å². The fraction of sp³-hybridized carbons (Fsp3) is 0.615. The van der Waals surface area contributed by atoms with Gasteiger partial charge in [0, 0.05) is 31.9 Å². The second-order valence-corrected chi connectivity index (χ2v) is 4.66. The van der Waals surface area contributed by atoms with Crippen LogP contribution in [0, 0.1) is 0 Å². The molecule has 20 heavy (non-hydrogen) atoms. The Hall–Kier alpha value is -2.05. The summed E-state index contributed by atoms with van der Waals surface area (Å²) in [7, 11) is 1.70. The van der Waals surface area contributed by atoms with Crippen LogP contribution in [-0.4, -0.2) is 44.9 Å². The van der Waals surface area contributed by atoms with E-state index < -0.39 is 12.0 Å². The van der Waals surface area contributed by atoms with Crippen LogP contribution in [0.2, 0.25) is 0 Å². The molecule has 0 spiro atoms. The Balaban J connectivity index is 2.79. The number of carboxylic acids is 1. The third-order valence-corrected chi connectivity index (χ3v) is 2.85. The lowest BCUT2D eigenvalue weighted by atomic mass is 10.1. The van der Waals surface area contributed by atoms with Crippen molar-refractivity contribution < 1.29 is 14.7 Å². The highest BCUT2D eigenvalue weighted by Gasteiger charge is 2.25. The molecular weight excluding hydrogens is 260 g/mol. The SMILES string of the molecule is CCCN(CCC)C(=O)NC(C(=O)O)c1cnn(C)c1. The normalized spacial score (nSPS) is 11.9. The third kappa shape index (κ3) is 4.25. The number of aryl methyl sites for hydroxylation is 1. The lowest BCUT2D eigenvalue weighted by Crippen LogP contribution is -2.44. The van der Waals surface area contributed by atoms with Gasteiger partial charge in [0.2, 0.25) is 0 Å². The fourth-order valence-electron chi connectivity index (χ4n) is 1.95. The summed E-state index contributed by atoms with van der Waals surface area (Å²) in [5.74, 6) is -1.10. The zero-order valence-corrected chi connectivity index (χ0v) is 12.2. The molecule has 0 aromatic carbocycles. The summed E-state index contributed by atoms with van der Waals surface area (Å²) in [4.78, 5) is 25.1. The van der Waals surface area contributed by atoms with Gasteiger partial charge >= 0.3 is 12.0 Å². The second-order valence-electron chi connectivity index (χ2n) is 4.66. The molecule has 112 valence electrons. The molecule has 1 aromatic rings. The van der Waals surface area contributed by atoms with E-state index in [9.17, 15) is 14.7 Å². The second kappa shape index (κ2) is 7.52. The van der Waals surface area contributed by atoms with Gasteiger partial charge in [0.05, 0.1) is 6.20 Å². The molecule has 0 saturated carbocycles. The number of amides is 2. The lowest BCUT2D eigenvalue weighted by molar-refractivity contribution is -0.139. The molecule has 0 bridgehead atoms. The van der Waals surface area contributed by atoms with Gasteiger partial charge in [-0.2, -0.15) is 5.10 Å². The highest BCUT2D eigenvalue weighted by molar-refractivity contribution is 5.83. The fourth-order valence-corrected chi connectivity index (χ4v) is 1.95. The van der Waals surface area contributed by atoms with E-state index in [1.165, 1.54) is 10.9 Å². The van der Waals surface area contributed by atoms with Gasteiger partial charge in [0.25, 0.3) is 0 Å². The first-order valence-electron chi connectivity index (χ1n) is 6.76. The first-order valence-corrected chi connectivity index (χ1v) is 6.76. The van der Waals surface area contributed by atoms with E-state index in [4.69, 9.17) is 0 Å². The van der Waals surface area contributed by atoms with Crippen molar-refractivity contribution in [1.82, 2.24) is 20.0 Å². The first kappa shape index (κ1) is 16.0. The maximum atomic E-state index is 12.1. The molecule has 1 aromatic heterocycles. The summed E-state index contributed by atoms with van der Waals surface area (Å²) >= 11 is 0. The number of aliphatic carboxylic acids is 1. The Labute approximate surface area is 118 Å². The largest absolute Gasteiger partial charge is 0.479 e. The number of rotatable bonds is 7. The van der Waals surface area contributed by atoms with Crippen LogP contribution in [0.3, 0.4) is 0 Å². The quantitative estimate of drug-likeness (QED) is 0.791. The molecule has 1 rings (SSSR count). The van der Waals surface area contributed by atoms with Crippen molar-refractivity contribution in [2.24, 2.45) is 7.05 Å². The molecule has 1 atom stereocenters. The van der Waals surface area contributed by atoms with Crippen LogP contribution in [0.25, 0.3) is 0 Å². The highest BCUT2D eigenvalue weighted by Crippen LogP contribution is 2.12. The smallest absolute Gasteiger partial charge is 0.331 e. The Bertz CT molecular complexity index is 452. The van der Waals surface area contributed by atoms with Crippen molar-refractivity contribution >= 4 is 12.0 Å². The van der Waals surface area contributed by atoms with E-state index in [2.05, 4.69) is 10.4 Å². The molecule has 0 aliphatic rings. The summed E-state index contributed by atoms with van der Waals surface area (Å²) in [6, 6.07) is -1.43.